The van der Waals surface area contributed by atoms with Crippen LogP contribution in [0, 0.1) is 5.92 Å². The van der Waals surface area contributed by atoms with Crippen LogP contribution in [-0.2, 0) is 0 Å². The van der Waals surface area contributed by atoms with Crippen LogP contribution in [0.3, 0.4) is 0 Å². The average molecular weight is 234 g/mol. The van der Waals surface area contributed by atoms with Gasteiger partial charge in [-0.15, -0.1) is 0 Å². The molecule has 0 rings (SSSR count). The average Bonchev–Trinajstić information content (AvgIpc) is 2.30. The Morgan fingerprint density at radius 1 is 1.18 bits per heavy atom. The second-order valence-electron chi connectivity index (χ2n) is 4.26. The molecule has 0 bridgehead atoms. The van der Waals surface area contributed by atoms with Gasteiger partial charge in [-0.3, -0.25) is 0 Å². The number of hydrogen-bond donors (Lipinski definition) is 0. The highest BCUT2D eigenvalue weighted by Gasteiger charge is 1.90. The van der Waals surface area contributed by atoms with Crippen LogP contribution in [0.25, 0.3) is 0 Å². The number of hydrogen-bond acceptors (Lipinski definition) is 0. The van der Waals surface area contributed by atoms with Gasteiger partial charge in [0, 0.05) is 0 Å². The number of allylic oxidation sites excluding steroid dienone is 7. The summed E-state index contributed by atoms with van der Waals surface area (Å²) in [5.41, 5.74) is 1.23. The Morgan fingerprint density at radius 2 is 1.82 bits per heavy atom. The lowest BCUT2D eigenvalue weighted by atomic mass is 10.1. The Kier molecular flexibility index (Phi) is 16.1. The minimum absolute atomic E-state index is 0.826. The van der Waals surface area contributed by atoms with E-state index in [4.69, 9.17) is 0 Å². The molecule has 0 unspecified atom stereocenters. The van der Waals surface area contributed by atoms with E-state index in [9.17, 15) is 0 Å². The number of rotatable bonds is 7. The second-order valence-corrected chi connectivity index (χ2v) is 4.26. The summed E-state index contributed by atoms with van der Waals surface area (Å²) in [6, 6.07) is 0. The summed E-state index contributed by atoms with van der Waals surface area (Å²) in [5.74, 6) is 0.826. The molecule has 0 N–H and O–H groups in total. The molecule has 98 valence electrons. The highest BCUT2D eigenvalue weighted by atomic mass is 14.0. The van der Waals surface area contributed by atoms with E-state index in [1.807, 2.05) is 26.0 Å². The summed E-state index contributed by atoms with van der Waals surface area (Å²) in [6.45, 7) is 14.3. The summed E-state index contributed by atoms with van der Waals surface area (Å²) in [4.78, 5) is 0. The topological polar surface area (TPSA) is 0 Å². The van der Waals surface area contributed by atoms with Crippen LogP contribution in [0.1, 0.15) is 53.9 Å². The third kappa shape index (κ3) is 17.6. The third-order valence-corrected chi connectivity index (χ3v) is 2.14. The minimum atomic E-state index is 0.826. The molecule has 0 radical (unpaired) electrons. The van der Waals surface area contributed by atoms with Crippen molar-refractivity contribution in [3.05, 3.63) is 48.6 Å². The largest absolute Gasteiger partial charge is 0.0991 e. The molecule has 0 spiro atoms. The molecule has 0 aliphatic rings. The normalized spacial score (nSPS) is 12.0. The molecule has 0 aliphatic carbocycles. The monoisotopic (exact) mass is 234 g/mol. The molecule has 0 saturated carbocycles. The van der Waals surface area contributed by atoms with Crippen molar-refractivity contribution in [1.29, 1.82) is 0 Å². The molecule has 17 heavy (non-hydrogen) atoms. The molecular weight excluding hydrogens is 204 g/mol. The molecule has 0 aromatic rings. The first-order valence-corrected chi connectivity index (χ1v) is 6.79. The van der Waals surface area contributed by atoms with Crippen LogP contribution in [0.5, 0.6) is 0 Å². The van der Waals surface area contributed by atoms with Crippen molar-refractivity contribution in [2.45, 2.75) is 53.9 Å². The first kappa shape index (κ1) is 18.3. The van der Waals surface area contributed by atoms with Crippen LogP contribution >= 0.6 is 0 Å². The van der Waals surface area contributed by atoms with Crippen LogP contribution in [0.2, 0.25) is 0 Å². The van der Waals surface area contributed by atoms with Crippen LogP contribution in [0.4, 0.5) is 0 Å². The molecule has 0 saturated heterocycles. The first-order valence-electron chi connectivity index (χ1n) is 6.79. The summed E-state index contributed by atoms with van der Waals surface area (Å²) in [5, 5.41) is 0. The van der Waals surface area contributed by atoms with E-state index < -0.39 is 0 Å². The van der Waals surface area contributed by atoms with Gasteiger partial charge >= 0.3 is 0 Å². The van der Waals surface area contributed by atoms with Gasteiger partial charge in [0.25, 0.3) is 0 Å². The quantitative estimate of drug-likeness (QED) is 0.370. The van der Waals surface area contributed by atoms with Crippen molar-refractivity contribution in [3.8, 4) is 0 Å². The molecule has 0 aromatic heterocycles. The van der Waals surface area contributed by atoms with E-state index in [2.05, 4.69) is 51.7 Å². The van der Waals surface area contributed by atoms with Crippen LogP contribution in [-0.4, -0.2) is 0 Å². The van der Waals surface area contributed by atoms with Crippen LogP contribution < -0.4 is 0 Å². The fraction of sp³-hybridized carbons (Fsp3) is 0.529. The maximum atomic E-state index is 3.66. The predicted octanol–water partition coefficient (Wildman–Crippen LogP) is 6.08. The summed E-state index contributed by atoms with van der Waals surface area (Å²) in [6.07, 6.45) is 16.2. The van der Waals surface area contributed by atoms with E-state index in [1.54, 1.807) is 0 Å². The zero-order valence-electron chi connectivity index (χ0n) is 12.4. The number of unbranched alkanes of at least 4 members (excludes halogenated alkanes) is 1. The van der Waals surface area contributed by atoms with E-state index in [-0.39, 0.29) is 0 Å². The molecule has 0 heterocycles. The molecule has 0 atom stereocenters. The fourth-order valence-corrected chi connectivity index (χ4v) is 1.27. The van der Waals surface area contributed by atoms with Crippen molar-refractivity contribution in [2.75, 3.05) is 0 Å². The van der Waals surface area contributed by atoms with E-state index in [0.29, 0.717) is 0 Å². The second kappa shape index (κ2) is 15.0. The lowest BCUT2D eigenvalue weighted by Gasteiger charge is -1.99. The van der Waals surface area contributed by atoms with Gasteiger partial charge in [0.1, 0.15) is 0 Å². The van der Waals surface area contributed by atoms with E-state index in [1.165, 1.54) is 24.8 Å². The maximum Gasteiger partial charge on any atom is -0.0348 e. The van der Waals surface area contributed by atoms with Crippen molar-refractivity contribution >= 4 is 0 Å². The van der Waals surface area contributed by atoms with Gasteiger partial charge in [-0.1, -0.05) is 82.7 Å². The highest BCUT2D eigenvalue weighted by molar-refractivity contribution is 5.23. The lowest BCUT2D eigenvalue weighted by molar-refractivity contribution is 0.560. The fourth-order valence-electron chi connectivity index (χ4n) is 1.27. The van der Waals surface area contributed by atoms with Crippen molar-refractivity contribution in [3.63, 3.8) is 0 Å². The Balaban J connectivity index is 0. The predicted molar refractivity (Wildman–Crippen MR) is 82.3 cm³/mol. The van der Waals surface area contributed by atoms with Gasteiger partial charge in [0.15, 0.2) is 0 Å². The van der Waals surface area contributed by atoms with E-state index in [0.717, 1.165) is 5.92 Å². The standard InChI is InChI=1S/C15H24.C2H6/c1-5-11-15(4)13-10-8-6-7-9-12-14(2)3;1-2/h5-6,8,10-11,13-14H,1,7,9,12H2,2-4H3;1-2H3/b8-6+,13-10+,15-11+;. The molecule has 0 heteroatoms. The van der Waals surface area contributed by atoms with Gasteiger partial charge in [-0.25, -0.2) is 0 Å². The van der Waals surface area contributed by atoms with Gasteiger partial charge in [0.05, 0.1) is 0 Å². The van der Waals surface area contributed by atoms with Gasteiger partial charge in [-0.2, -0.15) is 0 Å². The lowest BCUT2D eigenvalue weighted by Crippen LogP contribution is -1.84. The zero-order chi connectivity index (χ0) is 13.5. The molecule has 0 amide bonds. The van der Waals surface area contributed by atoms with E-state index >= 15 is 0 Å². The molecule has 0 aromatic carbocycles. The maximum absolute atomic E-state index is 3.66. The Morgan fingerprint density at radius 3 is 2.35 bits per heavy atom. The summed E-state index contributed by atoms with van der Waals surface area (Å²) in [7, 11) is 0. The molecule has 0 nitrogen and oxygen atoms in total. The minimum Gasteiger partial charge on any atom is -0.0991 e. The van der Waals surface area contributed by atoms with Crippen molar-refractivity contribution in [1.82, 2.24) is 0 Å². The van der Waals surface area contributed by atoms with Crippen molar-refractivity contribution < 1.29 is 0 Å². The molecule has 0 fully saturated rings. The SMILES string of the molecule is C=C/C=C(C)/C=C/C=C/CCCC(C)C.CC. The van der Waals surface area contributed by atoms with Crippen LogP contribution in [0.15, 0.2) is 48.6 Å². The zero-order valence-corrected chi connectivity index (χ0v) is 12.4. The smallest absolute Gasteiger partial charge is 0.0348 e. The summed E-state index contributed by atoms with van der Waals surface area (Å²) >= 11 is 0. The van der Waals surface area contributed by atoms with Gasteiger partial charge in [0.2, 0.25) is 0 Å². The van der Waals surface area contributed by atoms with Crippen molar-refractivity contribution in [2.24, 2.45) is 5.92 Å². The van der Waals surface area contributed by atoms with Gasteiger partial charge < -0.3 is 0 Å². The Hall–Kier alpha value is -1.04. The molecule has 0 aliphatic heterocycles. The third-order valence-electron chi connectivity index (χ3n) is 2.14. The highest BCUT2D eigenvalue weighted by Crippen LogP contribution is 2.06. The van der Waals surface area contributed by atoms with Gasteiger partial charge in [-0.05, 0) is 25.7 Å². The molecular formula is C17H30. The Bertz CT molecular complexity index is 239. The summed E-state index contributed by atoms with van der Waals surface area (Å²) < 4.78 is 0. The first-order chi connectivity index (χ1) is 8.16. The Labute approximate surface area is 109 Å².